The van der Waals surface area contributed by atoms with Gasteiger partial charge in [0.2, 0.25) is 0 Å². The molecule has 2 aromatic heterocycles. The number of aromatic nitrogens is 6. The molecule has 0 saturated carbocycles. The number of nitrogens with one attached hydrogen (secondary N) is 2. The number of nitrogens with zero attached hydrogens (tertiary/aromatic N) is 7. The van der Waals surface area contributed by atoms with Gasteiger partial charge in [-0.05, 0) is 32.8 Å². The van der Waals surface area contributed by atoms with Crippen LogP contribution >= 0.6 is 24.0 Å². The van der Waals surface area contributed by atoms with Gasteiger partial charge in [-0.15, -0.1) is 34.2 Å². The van der Waals surface area contributed by atoms with Crippen molar-refractivity contribution >= 4 is 29.9 Å². The largest absolute Gasteiger partial charge is 0.493 e. The molecule has 2 atom stereocenters. The standard InChI is InChI=1S/C22H29N9O.HI/c1-14-24-21-18(8-6-11-31(21)29-14)26-22(23-13-20-28-27-15(2)30(20)3)25-17-10-12-32-19-9-5-4-7-16(17)19;/h4-5,7,9,17-18H,6,8,10-13H2,1-3H3,(H2,23,25,26);1H. The predicted molar refractivity (Wildman–Crippen MR) is 135 cm³/mol. The fourth-order valence-electron chi connectivity index (χ4n) is 4.30. The van der Waals surface area contributed by atoms with Crippen molar-refractivity contribution in [2.45, 2.75) is 58.3 Å². The van der Waals surface area contributed by atoms with E-state index in [-0.39, 0.29) is 36.1 Å². The van der Waals surface area contributed by atoms with E-state index in [1.165, 1.54) is 0 Å². The van der Waals surface area contributed by atoms with Gasteiger partial charge in [-0.2, -0.15) is 5.10 Å². The highest BCUT2D eigenvalue weighted by Gasteiger charge is 2.27. The summed E-state index contributed by atoms with van der Waals surface area (Å²) in [4.78, 5) is 9.55. The van der Waals surface area contributed by atoms with Crippen molar-refractivity contribution in [2.75, 3.05) is 6.61 Å². The highest BCUT2D eigenvalue weighted by atomic mass is 127. The van der Waals surface area contributed by atoms with Crippen molar-refractivity contribution in [3.8, 4) is 5.75 Å². The Labute approximate surface area is 210 Å². The number of aliphatic imine (C=N–C) groups is 1. The maximum absolute atomic E-state index is 5.84. The SMILES string of the molecule is Cc1nc2n(n1)CCCC2NC(=NCc1nnc(C)n1C)NC1CCOc2ccccc21.I. The molecule has 3 aromatic rings. The van der Waals surface area contributed by atoms with Crippen molar-refractivity contribution in [2.24, 2.45) is 12.0 Å². The summed E-state index contributed by atoms with van der Waals surface area (Å²) < 4.78 is 9.81. The average molecular weight is 563 g/mol. The van der Waals surface area contributed by atoms with E-state index in [1.54, 1.807) is 0 Å². The summed E-state index contributed by atoms with van der Waals surface area (Å²) in [6.45, 7) is 5.87. The van der Waals surface area contributed by atoms with Crippen LogP contribution < -0.4 is 15.4 Å². The van der Waals surface area contributed by atoms with Crippen LogP contribution in [0.3, 0.4) is 0 Å². The minimum Gasteiger partial charge on any atom is -0.493 e. The van der Waals surface area contributed by atoms with E-state index < -0.39 is 0 Å². The van der Waals surface area contributed by atoms with E-state index in [4.69, 9.17) is 9.73 Å². The van der Waals surface area contributed by atoms with Crippen LogP contribution in [0.2, 0.25) is 0 Å². The second kappa shape index (κ2) is 10.1. The van der Waals surface area contributed by atoms with Gasteiger partial charge in [0.05, 0.1) is 18.7 Å². The van der Waals surface area contributed by atoms with Gasteiger partial charge >= 0.3 is 0 Å². The van der Waals surface area contributed by atoms with Crippen LogP contribution in [0.25, 0.3) is 0 Å². The molecule has 0 radical (unpaired) electrons. The lowest BCUT2D eigenvalue weighted by Gasteiger charge is -2.30. The topological polar surface area (TPSA) is 107 Å². The molecule has 2 aliphatic heterocycles. The summed E-state index contributed by atoms with van der Waals surface area (Å²) in [7, 11) is 1.96. The van der Waals surface area contributed by atoms with Crippen LogP contribution in [-0.4, -0.2) is 42.1 Å². The molecule has 5 rings (SSSR count). The van der Waals surface area contributed by atoms with Crippen LogP contribution in [0, 0.1) is 13.8 Å². The Bertz CT molecular complexity index is 1140. The predicted octanol–water partition coefficient (Wildman–Crippen LogP) is 2.74. The molecule has 4 heterocycles. The number of ether oxygens (including phenoxy) is 1. The Kier molecular flexibility index (Phi) is 7.15. The Balaban J connectivity index is 0.00000259. The molecular weight excluding hydrogens is 533 g/mol. The molecule has 0 bridgehead atoms. The smallest absolute Gasteiger partial charge is 0.192 e. The van der Waals surface area contributed by atoms with E-state index in [9.17, 15) is 0 Å². The Morgan fingerprint density at radius 1 is 1.15 bits per heavy atom. The molecule has 1 aromatic carbocycles. The third-order valence-corrected chi connectivity index (χ3v) is 6.12. The minimum atomic E-state index is 0. The number of hydrogen-bond acceptors (Lipinski definition) is 6. The number of aryl methyl sites for hydroxylation is 3. The third kappa shape index (κ3) is 4.97. The number of rotatable bonds is 4. The number of para-hydroxylation sites is 1. The minimum absolute atomic E-state index is 0. The van der Waals surface area contributed by atoms with Crippen molar-refractivity contribution in [3.05, 3.63) is 53.1 Å². The van der Waals surface area contributed by atoms with Crippen LogP contribution in [0.4, 0.5) is 0 Å². The molecule has 0 saturated heterocycles. The zero-order valence-electron chi connectivity index (χ0n) is 19.2. The van der Waals surface area contributed by atoms with E-state index in [2.05, 4.69) is 37.0 Å². The Morgan fingerprint density at radius 2 is 1.97 bits per heavy atom. The van der Waals surface area contributed by atoms with Gasteiger partial charge < -0.3 is 19.9 Å². The second-order valence-electron chi connectivity index (χ2n) is 8.34. The molecule has 2 N–H and O–H groups in total. The molecule has 10 nitrogen and oxygen atoms in total. The van der Waals surface area contributed by atoms with Gasteiger partial charge in [0.1, 0.15) is 29.8 Å². The van der Waals surface area contributed by atoms with Gasteiger partial charge in [-0.25, -0.2) is 14.7 Å². The highest BCUT2D eigenvalue weighted by molar-refractivity contribution is 14.0. The number of hydrogen-bond donors (Lipinski definition) is 2. The lowest BCUT2D eigenvalue weighted by Crippen LogP contribution is -2.44. The van der Waals surface area contributed by atoms with E-state index in [0.29, 0.717) is 13.2 Å². The summed E-state index contributed by atoms with van der Waals surface area (Å²) in [5.41, 5.74) is 1.14. The van der Waals surface area contributed by atoms with E-state index in [0.717, 1.165) is 66.4 Å². The van der Waals surface area contributed by atoms with Crippen molar-refractivity contribution in [1.82, 2.24) is 40.2 Å². The molecular formula is C22H30IN9O. The monoisotopic (exact) mass is 563 g/mol. The van der Waals surface area contributed by atoms with E-state index >= 15 is 0 Å². The maximum atomic E-state index is 5.84. The Morgan fingerprint density at radius 3 is 2.79 bits per heavy atom. The lowest BCUT2D eigenvalue weighted by atomic mass is 10.0. The van der Waals surface area contributed by atoms with Gasteiger partial charge in [0, 0.05) is 25.6 Å². The maximum Gasteiger partial charge on any atom is 0.192 e. The summed E-state index contributed by atoms with van der Waals surface area (Å²) in [5, 5.41) is 20.2. The fourth-order valence-corrected chi connectivity index (χ4v) is 4.30. The normalized spacial score (nSPS) is 19.7. The molecule has 0 fully saturated rings. The summed E-state index contributed by atoms with van der Waals surface area (Å²) in [5.74, 6) is 5.10. The summed E-state index contributed by atoms with van der Waals surface area (Å²) >= 11 is 0. The highest BCUT2D eigenvalue weighted by Crippen LogP contribution is 2.31. The first-order chi connectivity index (χ1) is 15.6. The number of guanidine groups is 1. The number of benzene rings is 1. The van der Waals surface area contributed by atoms with E-state index in [1.807, 2.05) is 48.3 Å². The quantitative estimate of drug-likeness (QED) is 0.286. The average Bonchev–Trinajstić information content (AvgIpc) is 3.34. The van der Waals surface area contributed by atoms with Gasteiger partial charge in [0.25, 0.3) is 0 Å². The van der Waals surface area contributed by atoms with Gasteiger partial charge in [-0.1, -0.05) is 18.2 Å². The molecule has 2 aliphatic rings. The molecule has 11 heteroatoms. The van der Waals surface area contributed by atoms with Crippen LogP contribution in [-0.2, 0) is 20.1 Å². The van der Waals surface area contributed by atoms with Crippen molar-refractivity contribution < 1.29 is 4.74 Å². The first-order valence-corrected chi connectivity index (χ1v) is 11.1. The van der Waals surface area contributed by atoms with Crippen LogP contribution in [0.1, 0.15) is 60.2 Å². The molecule has 0 aliphatic carbocycles. The Hall–Kier alpha value is -2.70. The molecule has 0 spiro atoms. The first kappa shape index (κ1) is 23.5. The molecule has 2 unspecified atom stereocenters. The van der Waals surface area contributed by atoms with Gasteiger partial charge in [0.15, 0.2) is 11.8 Å². The second-order valence-corrected chi connectivity index (χ2v) is 8.34. The number of fused-ring (bicyclic) bond motifs is 2. The van der Waals surface area contributed by atoms with Crippen molar-refractivity contribution in [1.29, 1.82) is 0 Å². The fraction of sp³-hybridized carbons (Fsp3) is 0.500. The van der Waals surface area contributed by atoms with Gasteiger partial charge in [-0.3, -0.25) is 0 Å². The lowest BCUT2D eigenvalue weighted by molar-refractivity contribution is 0.261. The summed E-state index contributed by atoms with van der Waals surface area (Å²) in [6, 6.07) is 8.32. The zero-order chi connectivity index (χ0) is 22.1. The first-order valence-electron chi connectivity index (χ1n) is 11.1. The third-order valence-electron chi connectivity index (χ3n) is 6.12. The zero-order valence-corrected chi connectivity index (χ0v) is 21.5. The number of halogens is 1. The molecule has 176 valence electrons. The van der Waals surface area contributed by atoms with Crippen LogP contribution in [0.5, 0.6) is 5.75 Å². The van der Waals surface area contributed by atoms with Crippen molar-refractivity contribution in [3.63, 3.8) is 0 Å². The van der Waals surface area contributed by atoms with Crippen LogP contribution in [0.15, 0.2) is 29.3 Å². The molecule has 0 amide bonds. The summed E-state index contributed by atoms with van der Waals surface area (Å²) in [6.07, 6.45) is 2.89. The molecule has 33 heavy (non-hydrogen) atoms.